The van der Waals surface area contributed by atoms with Gasteiger partial charge in [0.05, 0.1) is 0 Å². The first kappa shape index (κ1) is 13.0. The maximum absolute atomic E-state index is 13.3. The molecule has 1 unspecified atom stereocenters. The zero-order chi connectivity index (χ0) is 13.2. The molecule has 0 aliphatic rings. The first-order valence-corrected chi connectivity index (χ1v) is 4.98. The van der Waals surface area contributed by atoms with E-state index >= 15 is 0 Å². The molecular weight excluding hydrogens is 225 g/mol. The van der Waals surface area contributed by atoms with Gasteiger partial charge in [-0.15, -0.1) is 0 Å². The molecule has 2 amide bonds. The number of rotatable bonds is 3. The fourth-order valence-electron chi connectivity index (χ4n) is 1.18. The van der Waals surface area contributed by atoms with Gasteiger partial charge in [0.15, 0.2) is 0 Å². The molecule has 0 saturated carbocycles. The third-order valence-electron chi connectivity index (χ3n) is 2.42. The van der Waals surface area contributed by atoms with Crippen LogP contribution in [0.3, 0.4) is 0 Å². The van der Waals surface area contributed by atoms with E-state index in [-0.39, 0.29) is 16.8 Å². The molecule has 0 saturated heterocycles. The van der Waals surface area contributed by atoms with E-state index in [4.69, 9.17) is 11.5 Å². The Bertz CT molecular complexity index is 451. The van der Waals surface area contributed by atoms with E-state index < -0.39 is 23.7 Å². The summed E-state index contributed by atoms with van der Waals surface area (Å²) in [7, 11) is 0. The van der Waals surface area contributed by atoms with E-state index in [1.165, 1.54) is 19.9 Å². The molecule has 0 aliphatic heterocycles. The molecule has 17 heavy (non-hydrogen) atoms. The van der Waals surface area contributed by atoms with E-state index in [1.807, 2.05) is 0 Å². The largest absolute Gasteiger partial charge is 0.398 e. The van der Waals surface area contributed by atoms with Crippen molar-refractivity contribution in [2.75, 3.05) is 5.73 Å². The van der Waals surface area contributed by atoms with Crippen molar-refractivity contribution in [2.45, 2.75) is 19.9 Å². The lowest BCUT2D eigenvalue weighted by molar-refractivity contribution is -0.119. The number of nitrogen functional groups attached to an aromatic ring is 1. The van der Waals surface area contributed by atoms with Gasteiger partial charge < -0.3 is 16.8 Å². The Morgan fingerprint density at radius 2 is 2.00 bits per heavy atom. The predicted molar refractivity (Wildman–Crippen MR) is 61.7 cm³/mol. The second-order valence-corrected chi connectivity index (χ2v) is 3.77. The monoisotopic (exact) mass is 239 g/mol. The van der Waals surface area contributed by atoms with Crippen LogP contribution in [0.1, 0.15) is 22.8 Å². The molecule has 1 rings (SSSR count). The summed E-state index contributed by atoms with van der Waals surface area (Å²) < 4.78 is 13.3. The van der Waals surface area contributed by atoms with Gasteiger partial charge in [0.1, 0.15) is 11.9 Å². The average molecular weight is 239 g/mol. The van der Waals surface area contributed by atoms with Gasteiger partial charge in [-0.3, -0.25) is 9.59 Å². The highest BCUT2D eigenvalue weighted by Gasteiger charge is 2.15. The molecule has 5 N–H and O–H groups in total. The smallest absolute Gasteiger partial charge is 0.252 e. The summed E-state index contributed by atoms with van der Waals surface area (Å²) in [6.07, 6.45) is 0. The minimum Gasteiger partial charge on any atom is -0.398 e. The van der Waals surface area contributed by atoms with E-state index in [9.17, 15) is 14.0 Å². The summed E-state index contributed by atoms with van der Waals surface area (Å²) in [6.45, 7) is 2.95. The summed E-state index contributed by atoms with van der Waals surface area (Å²) in [5.41, 5.74) is 11.1. The van der Waals surface area contributed by atoms with Gasteiger partial charge in [-0.1, -0.05) is 0 Å². The third-order valence-corrected chi connectivity index (χ3v) is 2.42. The van der Waals surface area contributed by atoms with Crippen LogP contribution in [0.4, 0.5) is 10.1 Å². The molecule has 1 aromatic rings. The number of benzene rings is 1. The molecule has 0 aromatic heterocycles. The standard InChI is InChI=1S/C11H14FN3O2/c1-5-8(12)3-7(4-9(5)13)11(17)15-6(2)10(14)16/h3-4,6H,13H2,1-2H3,(H2,14,16)(H,15,17). The third kappa shape index (κ3) is 2.93. The Morgan fingerprint density at radius 1 is 1.41 bits per heavy atom. The first-order chi connectivity index (χ1) is 7.82. The number of carbonyl (C=O) groups excluding carboxylic acids is 2. The molecule has 0 spiro atoms. The maximum atomic E-state index is 13.3. The van der Waals surface area contributed by atoms with Crippen molar-refractivity contribution in [3.63, 3.8) is 0 Å². The van der Waals surface area contributed by atoms with Crippen LogP contribution < -0.4 is 16.8 Å². The van der Waals surface area contributed by atoms with Crippen molar-refractivity contribution in [3.05, 3.63) is 29.1 Å². The highest BCUT2D eigenvalue weighted by atomic mass is 19.1. The second-order valence-electron chi connectivity index (χ2n) is 3.77. The number of primary amides is 1. The Labute approximate surface area is 98.0 Å². The van der Waals surface area contributed by atoms with Gasteiger partial charge in [-0.05, 0) is 26.0 Å². The molecule has 0 aliphatic carbocycles. The molecule has 0 heterocycles. The number of anilines is 1. The van der Waals surface area contributed by atoms with Crippen LogP contribution in [0, 0.1) is 12.7 Å². The quantitative estimate of drug-likeness (QED) is 0.662. The van der Waals surface area contributed by atoms with Crippen molar-refractivity contribution >= 4 is 17.5 Å². The van der Waals surface area contributed by atoms with Crippen molar-refractivity contribution < 1.29 is 14.0 Å². The number of amides is 2. The molecule has 1 aromatic carbocycles. The van der Waals surface area contributed by atoms with Crippen LogP contribution in [0.15, 0.2) is 12.1 Å². The summed E-state index contributed by atoms with van der Waals surface area (Å²) in [5, 5.41) is 2.33. The highest BCUT2D eigenvalue weighted by Crippen LogP contribution is 2.17. The lowest BCUT2D eigenvalue weighted by Crippen LogP contribution is -2.42. The minimum atomic E-state index is -0.826. The van der Waals surface area contributed by atoms with Crippen LogP contribution in [-0.2, 0) is 4.79 Å². The zero-order valence-electron chi connectivity index (χ0n) is 9.58. The van der Waals surface area contributed by atoms with Gasteiger partial charge in [0.2, 0.25) is 5.91 Å². The van der Waals surface area contributed by atoms with Gasteiger partial charge in [0, 0.05) is 16.8 Å². The molecule has 92 valence electrons. The number of hydrogen-bond donors (Lipinski definition) is 3. The second kappa shape index (κ2) is 4.82. The lowest BCUT2D eigenvalue weighted by atomic mass is 10.1. The van der Waals surface area contributed by atoms with E-state index in [0.29, 0.717) is 0 Å². The average Bonchev–Trinajstić information content (AvgIpc) is 2.24. The molecule has 5 nitrogen and oxygen atoms in total. The van der Waals surface area contributed by atoms with Crippen LogP contribution in [0.5, 0.6) is 0 Å². The molecule has 0 radical (unpaired) electrons. The summed E-state index contributed by atoms with van der Waals surface area (Å²) in [6, 6.07) is 1.59. The van der Waals surface area contributed by atoms with Crippen molar-refractivity contribution in [1.82, 2.24) is 5.32 Å². The number of halogens is 1. The minimum absolute atomic E-state index is 0.0544. The van der Waals surface area contributed by atoms with E-state index in [1.54, 1.807) is 0 Å². The highest BCUT2D eigenvalue weighted by molar-refractivity contribution is 5.98. The fourth-order valence-corrected chi connectivity index (χ4v) is 1.18. The van der Waals surface area contributed by atoms with E-state index in [2.05, 4.69) is 5.32 Å². The number of nitrogens with two attached hydrogens (primary N) is 2. The van der Waals surface area contributed by atoms with Crippen molar-refractivity contribution in [1.29, 1.82) is 0 Å². The molecule has 0 bridgehead atoms. The fraction of sp³-hybridized carbons (Fsp3) is 0.273. The predicted octanol–water partition coefficient (Wildman–Crippen LogP) is 0.320. The Morgan fingerprint density at radius 3 is 2.47 bits per heavy atom. The number of nitrogens with one attached hydrogen (secondary N) is 1. The summed E-state index contributed by atoms with van der Waals surface area (Å²) >= 11 is 0. The van der Waals surface area contributed by atoms with Gasteiger partial charge in [0.25, 0.3) is 5.91 Å². The van der Waals surface area contributed by atoms with Gasteiger partial charge in [-0.25, -0.2) is 4.39 Å². The summed E-state index contributed by atoms with van der Waals surface area (Å²) in [5.74, 6) is -1.83. The summed E-state index contributed by atoms with van der Waals surface area (Å²) in [4.78, 5) is 22.4. The van der Waals surface area contributed by atoms with Crippen molar-refractivity contribution in [2.24, 2.45) is 5.73 Å². The Balaban J connectivity index is 2.94. The SMILES string of the molecule is Cc1c(N)cc(C(=O)NC(C)C(N)=O)cc1F. The van der Waals surface area contributed by atoms with Crippen LogP contribution in [0.25, 0.3) is 0 Å². The maximum Gasteiger partial charge on any atom is 0.252 e. The molecule has 6 heteroatoms. The molecule has 0 fully saturated rings. The lowest BCUT2D eigenvalue weighted by Gasteiger charge is -2.11. The molecular formula is C11H14FN3O2. The van der Waals surface area contributed by atoms with Crippen LogP contribution >= 0.6 is 0 Å². The number of carbonyl (C=O) groups is 2. The van der Waals surface area contributed by atoms with E-state index in [0.717, 1.165) is 6.07 Å². The molecule has 1 atom stereocenters. The first-order valence-electron chi connectivity index (χ1n) is 4.98. The zero-order valence-corrected chi connectivity index (χ0v) is 9.58. The Kier molecular flexibility index (Phi) is 3.67. The van der Waals surface area contributed by atoms with Crippen molar-refractivity contribution in [3.8, 4) is 0 Å². The van der Waals surface area contributed by atoms with Gasteiger partial charge in [-0.2, -0.15) is 0 Å². The van der Waals surface area contributed by atoms with Crippen LogP contribution in [-0.4, -0.2) is 17.9 Å². The number of hydrogen-bond acceptors (Lipinski definition) is 3. The Hall–Kier alpha value is -2.11. The van der Waals surface area contributed by atoms with Crippen LogP contribution in [0.2, 0.25) is 0 Å². The van der Waals surface area contributed by atoms with Gasteiger partial charge >= 0.3 is 0 Å². The topological polar surface area (TPSA) is 98.2 Å². The normalized spacial score (nSPS) is 11.9.